The van der Waals surface area contributed by atoms with Crippen LogP contribution in [0.4, 0.5) is 0 Å². The molecule has 10 nitrogen and oxygen atoms in total. The van der Waals surface area contributed by atoms with Crippen molar-refractivity contribution in [2.24, 2.45) is 5.92 Å². The van der Waals surface area contributed by atoms with Gasteiger partial charge in [0.25, 0.3) is 5.91 Å². The van der Waals surface area contributed by atoms with Gasteiger partial charge >= 0.3 is 5.97 Å². The summed E-state index contributed by atoms with van der Waals surface area (Å²) in [4.78, 5) is 42.9. The van der Waals surface area contributed by atoms with Crippen LogP contribution >= 0.6 is 0 Å². The summed E-state index contributed by atoms with van der Waals surface area (Å²) < 4.78 is 21.1. The molecule has 0 aliphatic rings. The molecule has 0 radical (unpaired) electrons. The van der Waals surface area contributed by atoms with E-state index in [-0.39, 0.29) is 41.0 Å². The second-order valence-electron chi connectivity index (χ2n) is 10.3. The van der Waals surface area contributed by atoms with Crippen LogP contribution in [0.2, 0.25) is 0 Å². The Morgan fingerprint density at radius 3 is 1.79 bits per heavy atom. The van der Waals surface area contributed by atoms with Crippen molar-refractivity contribution in [3.8, 4) is 23.0 Å². The Morgan fingerprint density at radius 2 is 1.33 bits per heavy atom. The Morgan fingerprint density at radius 1 is 0.786 bits per heavy atom. The summed E-state index contributed by atoms with van der Waals surface area (Å²) in [6.45, 7) is 7.06. The van der Waals surface area contributed by atoms with Gasteiger partial charge in [0.05, 0.1) is 21.3 Å². The maximum atomic E-state index is 13.7. The smallest absolute Gasteiger partial charge is 0.308 e. The number of ether oxygens (including phenoxy) is 4. The fraction of sp³-hybridized carbons (Fsp3) is 0.375. The van der Waals surface area contributed by atoms with Crippen LogP contribution < -0.4 is 29.6 Å². The van der Waals surface area contributed by atoms with E-state index in [1.165, 1.54) is 26.3 Å². The molecule has 1 aromatic heterocycles. The lowest BCUT2D eigenvalue weighted by atomic mass is 9.85. The number of benzene rings is 2. The van der Waals surface area contributed by atoms with E-state index in [1.807, 2.05) is 69.3 Å². The number of esters is 1. The first-order chi connectivity index (χ1) is 20.1. The van der Waals surface area contributed by atoms with Gasteiger partial charge in [-0.25, -0.2) is 4.98 Å². The van der Waals surface area contributed by atoms with Gasteiger partial charge in [0.15, 0.2) is 11.4 Å². The number of methoxy groups -OCH3 is 3. The Balaban J connectivity index is 1.90. The molecule has 0 spiro atoms. The molecule has 224 valence electrons. The van der Waals surface area contributed by atoms with Crippen molar-refractivity contribution in [2.75, 3.05) is 21.3 Å². The summed E-state index contributed by atoms with van der Waals surface area (Å²) in [6, 6.07) is 15.6. The number of aromatic nitrogens is 1. The van der Waals surface area contributed by atoms with Gasteiger partial charge in [-0.1, -0.05) is 38.1 Å². The monoisotopic (exact) mass is 577 g/mol. The van der Waals surface area contributed by atoms with Crippen molar-refractivity contribution < 1.29 is 33.3 Å². The highest BCUT2D eigenvalue weighted by Gasteiger charge is 2.30. The van der Waals surface area contributed by atoms with E-state index in [0.717, 1.165) is 22.6 Å². The Bertz CT molecular complexity index is 1310. The normalized spacial score (nSPS) is 12.3. The number of hydrogen-bond donors (Lipinski definition) is 2. The largest absolute Gasteiger partial charge is 0.497 e. The van der Waals surface area contributed by atoms with Crippen LogP contribution in [-0.4, -0.2) is 56.2 Å². The molecule has 3 aromatic rings. The number of pyridine rings is 1. The van der Waals surface area contributed by atoms with Gasteiger partial charge in [0, 0.05) is 31.1 Å². The lowest BCUT2D eigenvalue weighted by molar-refractivity contribution is -0.132. The van der Waals surface area contributed by atoms with Crippen LogP contribution in [0.3, 0.4) is 0 Å². The first-order valence-corrected chi connectivity index (χ1v) is 13.7. The maximum absolute atomic E-state index is 13.7. The Kier molecular flexibility index (Phi) is 11.3. The molecule has 2 N–H and O–H groups in total. The lowest BCUT2D eigenvalue weighted by Gasteiger charge is -2.29. The third kappa shape index (κ3) is 8.22. The summed E-state index contributed by atoms with van der Waals surface area (Å²) in [5, 5.41) is 5.91. The van der Waals surface area contributed by atoms with E-state index in [4.69, 9.17) is 18.9 Å². The van der Waals surface area contributed by atoms with Crippen LogP contribution in [0.1, 0.15) is 61.6 Å². The highest BCUT2D eigenvalue weighted by Crippen LogP contribution is 2.32. The number of amides is 2. The summed E-state index contributed by atoms with van der Waals surface area (Å²) in [5.74, 6) is -0.270. The topological polar surface area (TPSA) is 125 Å². The molecule has 2 aromatic carbocycles. The summed E-state index contributed by atoms with van der Waals surface area (Å²) in [6.07, 6.45) is 1.74. The van der Waals surface area contributed by atoms with Crippen LogP contribution in [0, 0.1) is 5.92 Å². The van der Waals surface area contributed by atoms with Gasteiger partial charge < -0.3 is 29.6 Å². The Labute approximate surface area is 246 Å². The minimum Gasteiger partial charge on any atom is -0.497 e. The number of hydrogen-bond acceptors (Lipinski definition) is 8. The third-order valence-corrected chi connectivity index (χ3v) is 6.70. The van der Waals surface area contributed by atoms with Crippen molar-refractivity contribution in [1.82, 2.24) is 15.6 Å². The fourth-order valence-electron chi connectivity index (χ4n) is 4.73. The molecule has 0 unspecified atom stereocenters. The number of carbonyl (C=O) groups excluding carboxylic acids is 3. The number of nitrogens with zero attached hydrogens (tertiary/aromatic N) is 1. The average Bonchev–Trinajstić information content (AvgIpc) is 2.97. The molecular formula is C32H39N3O7. The van der Waals surface area contributed by atoms with Crippen molar-refractivity contribution in [3.63, 3.8) is 0 Å². The van der Waals surface area contributed by atoms with E-state index < -0.39 is 17.9 Å². The van der Waals surface area contributed by atoms with Gasteiger partial charge in [-0.2, -0.15) is 0 Å². The SMILES string of the molecule is COc1ccc(C(c2ccc(OC)cc2)[C@H](C)NC(=O)[C@H](CC(C)C)NC(=O)c2nccc(OC)c2OC(C)=O)cc1. The third-order valence-electron chi connectivity index (χ3n) is 6.70. The van der Waals surface area contributed by atoms with E-state index in [1.54, 1.807) is 14.2 Å². The molecule has 0 saturated heterocycles. The summed E-state index contributed by atoms with van der Waals surface area (Å²) in [5.41, 5.74) is 1.79. The van der Waals surface area contributed by atoms with Gasteiger partial charge in [0.2, 0.25) is 11.7 Å². The zero-order valence-electron chi connectivity index (χ0n) is 25.1. The minimum atomic E-state index is -0.884. The first-order valence-electron chi connectivity index (χ1n) is 13.7. The van der Waals surface area contributed by atoms with Gasteiger partial charge in [-0.15, -0.1) is 0 Å². The predicted octanol–water partition coefficient (Wildman–Crippen LogP) is 4.51. The quantitative estimate of drug-likeness (QED) is 0.284. The molecule has 1 heterocycles. The first kappa shape index (κ1) is 31.9. The summed E-state index contributed by atoms with van der Waals surface area (Å²) >= 11 is 0. The molecule has 2 atom stereocenters. The molecule has 42 heavy (non-hydrogen) atoms. The highest BCUT2D eigenvalue weighted by atomic mass is 16.6. The molecular weight excluding hydrogens is 538 g/mol. The second-order valence-corrected chi connectivity index (χ2v) is 10.3. The number of nitrogens with one attached hydrogen (secondary N) is 2. The van der Waals surface area contributed by atoms with Crippen LogP contribution in [-0.2, 0) is 9.59 Å². The standard InChI is InChI=1S/C32H39N3O7/c1-19(2)18-26(35-32(38)29-30(42-21(4)36)27(41-7)16-17-33-29)31(37)34-20(3)28(22-8-12-24(39-5)13-9-22)23-10-14-25(40-6)15-11-23/h8-17,19-20,26,28H,18H2,1-7H3,(H,34,37)(H,35,38)/t20-,26-/m0/s1. The number of carbonyl (C=O) groups is 3. The highest BCUT2D eigenvalue weighted by molar-refractivity contribution is 5.99. The lowest BCUT2D eigenvalue weighted by Crippen LogP contribution is -2.51. The minimum absolute atomic E-state index is 0.0848. The molecule has 0 bridgehead atoms. The van der Waals surface area contributed by atoms with E-state index in [9.17, 15) is 14.4 Å². The molecule has 0 saturated carbocycles. The summed E-state index contributed by atoms with van der Waals surface area (Å²) in [7, 11) is 4.61. The predicted molar refractivity (Wildman–Crippen MR) is 158 cm³/mol. The van der Waals surface area contributed by atoms with Crippen LogP contribution in [0.25, 0.3) is 0 Å². The zero-order chi connectivity index (χ0) is 30.8. The molecule has 0 aliphatic carbocycles. The van der Waals surface area contributed by atoms with Crippen molar-refractivity contribution in [3.05, 3.63) is 77.6 Å². The fourth-order valence-corrected chi connectivity index (χ4v) is 4.73. The van der Waals surface area contributed by atoms with Crippen molar-refractivity contribution in [1.29, 1.82) is 0 Å². The average molecular weight is 578 g/mol. The molecule has 3 rings (SSSR count). The van der Waals surface area contributed by atoms with Gasteiger partial charge in [-0.3, -0.25) is 14.4 Å². The molecule has 0 fully saturated rings. The zero-order valence-corrected chi connectivity index (χ0v) is 25.1. The van der Waals surface area contributed by atoms with Gasteiger partial charge in [-0.05, 0) is 54.7 Å². The molecule has 0 aliphatic heterocycles. The maximum Gasteiger partial charge on any atom is 0.308 e. The van der Waals surface area contributed by atoms with Crippen LogP contribution in [0.5, 0.6) is 23.0 Å². The second kappa shape index (κ2) is 14.9. The van der Waals surface area contributed by atoms with Crippen molar-refractivity contribution in [2.45, 2.75) is 52.1 Å². The van der Waals surface area contributed by atoms with Gasteiger partial charge in [0.1, 0.15) is 17.5 Å². The van der Waals surface area contributed by atoms with E-state index >= 15 is 0 Å². The van der Waals surface area contributed by atoms with E-state index in [2.05, 4.69) is 15.6 Å². The van der Waals surface area contributed by atoms with E-state index in [0.29, 0.717) is 6.42 Å². The molecule has 10 heteroatoms. The Hall–Kier alpha value is -4.60. The molecule has 2 amide bonds. The van der Waals surface area contributed by atoms with Crippen molar-refractivity contribution >= 4 is 17.8 Å². The number of rotatable bonds is 13. The van der Waals surface area contributed by atoms with Crippen LogP contribution in [0.15, 0.2) is 60.8 Å².